The van der Waals surface area contributed by atoms with Gasteiger partial charge in [0.1, 0.15) is 0 Å². The predicted molar refractivity (Wildman–Crippen MR) is 80.8 cm³/mol. The molecule has 2 rings (SSSR count). The standard InChI is InChI=1S/C15H24N2OS/c1-4-11-6-7-12(19-11)14(18)17-10-13-15(2,3)8-5-9-16-13/h6-7,13,16H,4-5,8-10H2,1-3H3,(H,17,18). The number of carbonyl (C=O) groups excluding carboxylic acids is 1. The summed E-state index contributed by atoms with van der Waals surface area (Å²) in [5.41, 5.74) is 0.259. The molecule has 0 bridgehead atoms. The van der Waals surface area contributed by atoms with Crippen molar-refractivity contribution in [2.24, 2.45) is 5.41 Å². The third kappa shape index (κ3) is 3.57. The highest BCUT2D eigenvalue weighted by molar-refractivity contribution is 7.14. The third-order valence-corrected chi connectivity index (χ3v) is 5.26. The molecule has 3 nitrogen and oxygen atoms in total. The molecule has 0 saturated carbocycles. The first kappa shape index (κ1) is 14.5. The van der Waals surface area contributed by atoms with Gasteiger partial charge in [-0.3, -0.25) is 4.79 Å². The summed E-state index contributed by atoms with van der Waals surface area (Å²) in [6.45, 7) is 8.43. The summed E-state index contributed by atoms with van der Waals surface area (Å²) in [6, 6.07) is 4.34. The van der Waals surface area contributed by atoms with Crippen LogP contribution in [0.1, 0.15) is 48.2 Å². The third-order valence-electron chi connectivity index (χ3n) is 4.03. The van der Waals surface area contributed by atoms with Gasteiger partial charge in [0.2, 0.25) is 0 Å². The fourth-order valence-electron chi connectivity index (χ4n) is 2.59. The molecule has 1 atom stereocenters. The maximum absolute atomic E-state index is 12.1. The Kier molecular flexibility index (Phi) is 4.63. The van der Waals surface area contributed by atoms with Crippen LogP contribution in [0.25, 0.3) is 0 Å². The van der Waals surface area contributed by atoms with E-state index >= 15 is 0 Å². The van der Waals surface area contributed by atoms with Crippen LogP contribution < -0.4 is 10.6 Å². The van der Waals surface area contributed by atoms with E-state index in [1.165, 1.54) is 17.7 Å². The molecule has 1 aliphatic rings. The molecule has 1 saturated heterocycles. The zero-order chi connectivity index (χ0) is 13.9. The Morgan fingerprint density at radius 1 is 1.53 bits per heavy atom. The summed E-state index contributed by atoms with van der Waals surface area (Å²) in [6.07, 6.45) is 3.44. The molecule has 0 aliphatic carbocycles. The number of aryl methyl sites for hydroxylation is 1. The van der Waals surface area contributed by atoms with Gasteiger partial charge < -0.3 is 10.6 Å². The van der Waals surface area contributed by atoms with Gasteiger partial charge in [0.05, 0.1) is 4.88 Å². The van der Waals surface area contributed by atoms with Gasteiger partial charge in [-0.05, 0) is 43.4 Å². The normalized spacial score (nSPS) is 22.2. The minimum atomic E-state index is 0.0628. The van der Waals surface area contributed by atoms with E-state index in [-0.39, 0.29) is 11.3 Å². The van der Waals surface area contributed by atoms with Crippen molar-refractivity contribution in [2.75, 3.05) is 13.1 Å². The van der Waals surface area contributed by atoms with Crippen LogP contribution in [0.3, 0.4) is 0 Å². The smallest absolute Gasteiger partial charge is 0.261 e. The topological polar surface area (TPSA) is 41.1 Å². The van der Waals surface area contributed by atoms with Gasteiger partial charge in [-0.2, -0.15) is 0 Å². The van der Waals surface area contributed by atoms with E-state index in [1.54, 1.807) is 11.3 Å². The largest absolute Gasteiger partial charge is 0.350 e. The average Bonchev–Trinajstić information content (AvgIpc) is 2.85. The van der Waals surface area contributed by atoms with Gasteiger partial charge in [-0.25, -0.2) is 0 Å². The fourth-order valence-corrected chi connectivity index (χ4v) is 3.45. The van der Waals surface area contributed by atoms with Crippen LogP contribution in [0.4, 0.5) is 0 Å². The lowest BCUT2D eigenvalue weighted by Gasteiger charge is -2.39. The molecule has 1 aromatic rings. The maximum atomic E-state index is 12.1. The van der Waals surface area contributed by atoms with Crippen molar-refractivity contribution in [1.29, 1.82) is 0 Å². The number of thiophene rings is 1. The van der Waals surface area contributed by atoms with E-state index in [0.717, 1.165) is 17.8 Å². The number of hydrogen-bond acceptors (Lipinski definition) is 3. The van der Waals surface area contributed by atoms with E-state index in [4.69, 9.17) is 0 Å². The van der Waals surface area contributed by atoms with Gasteiger partial charge in [0, 0.05) is 17.5 Å². The van der Waals surface area contributed by atoms with Crippen LogP contribution in [-0.4, -0.2) is 25.0 Å². The molecule has 2 heterocycles. The molecule has 1 aliphatic heterocycles. The Balaban J connectivity index is 1.89. The first-order chi connectivity index (χ1) is 9.03. The van der Waals surface area contributed by atoms with Gasteiger partial charge in [-0.1, -0.05) is 20.8 Å². The van der Waals surface area contributed by atoms with E-state index in [1.807, 2.05) is 12.1 Å². The van der Waals surface area contributed by atoms with Crippen LogP contribution in [0.15, 0.2) is 12.1 Å². The van der Waals surface area contributed by atoms with Crippen LogP contribution in [0, 0.1) is 5.41 Å². The van der Waals surface area contributed by atoms with E-state index < -0.39 is 0 Å². The summed E-state index contributed by atoms with van der Waals surface area (Å²) in [4.78, 5) is 14.2. The van der Waals surface area contributed by atoms with Crippen LogP contribution in [0.2, 0.25) is 0 Å². The minimum Gasteiger partial charge on any atom is -0.350 e. The first-order valence-electron chi connectivity index (χ1n) is 7.13. The number of nitrogens with one attached hydrogen (secondary N) is 2. The Bertz CT molecular complexity index is 439. The molecule has 0 aromatic carbocycles. The van der Waals surface area contributed by atoms with Crippen molar-refractivity contribution in [3.63, 3.8) is 0 Å². The Morgan fingerprint density at radius 2 is 2.32 bits per heavy atom. The summed E-state index contributed by atoms with van der Waals surface area (Å²) in [7, 11) is 0. The zero-order valence-corrected chi connectivity index (χ0v) is 12.9. The minimum absolute atomic E-state index is 0.0628. The molecule has 1 amide bonds. The molecule has 0 spiro atoms. The van der Waals surface area contributed by atoms with E-state index in [0.29, 0.717) is 12.6 Å². The lowest BCUT2D eigenvalue weighted by molar-refractivity contribution is 0.0933. The molecular weight excluding hydrogens is 256 g/mol. The number of amides is 1. The molecule has 1 unspecified atom stereocenters. The first-order valence-corrected chi connectivity index (χ1v) is 7.95. The van der Waals surface area contributed by atoms with Gasteiger partial charge in [-0.15, -0.1) is 11.3 Å². The zero-order valence-electron chi connectivity index (χ0n) is 12.1. The van der Waals surface area contributed by atoms with Gasteiger partial charge >= 0.3 is 0 Å². The maximum Gasteiger partial charge on any atom is 0.261 e. The SMILES string of the molecule is CCc1ccc(C(=O)NCC2NCCCC2(C)C)s1. The molecule has 0 radical (unpaired) electrons. The quantitative estimate of drug-likeness (QED) is 0.890. The van der Waals surface area contributed by atoms with Crippen LogP contribution in [0.5, 0.6) is 0 Å². The second kappa shape index (κ2) is 6.06. The Morgan fingerprint density at radius 3 is 2.95 bits per heavy atom. The van der Waals surface area contributed by atoms with Crippen molar-refractivity contribution in [1.82, 2.24) is 10.6 Å². The second-order valence-corrected chi connectivity index (χ2v) is 7.10. The summed E-state index contributed by atoms with van der Waals surface area (Å²) < 4.78 is 0. The number of rotatable bonds is 4. The summed E-state index contributed by atoms with van der Waals surface area (Å²) in [5, 5.41) is 6.59. The van der Waals surface area contributed by atoms with Crippen molar-refractivity contribution in [3.8, 4) is 0 Å². The van der Waals surface area contributed by atoms with Crippen molar-refractivity contribution < 1.29 is 4.79 Å². The Labute approximate surface area is 119 Å². The average molecular weight is 280 g/mol. The highest BCUT2D eigenvalue weighted by atomic mass is 32.1. The van der Waals surface area contributed by atoms with Crippen LogP contribution >= 0.6 is 11.3 Å². The van der Waals surface area contributed by atoms with Crippen molar-refractivity contribution in [3.05, 3.63) is 21.9 Å². The lowest BCUT2D eigenvalue weighted by Crippen LogP contribution is -2.52. The molecule has 1 aromatic heterocycles. The van der Waals surface area contributed by atoms with E-state index in [9.17, 15) is 4.79 Å². The second-order valence-electron chi connectivity index (χ2n) is 5.93. The highest BCUT2D eigenvalue weighted by Gasteiger charge is 2.32. The van der Waals surface area contributed by atoms with Crippen LogP contribution in [-0.2, 0) is 6.42 Å². The number of hydrogen-bond donors (Lipinski definition) is 2. The summed E-state index contributed by atoms with van der Waals surface area (Å²) >= 11 is 1.60. The Hall–Kier alpha value is -0.870. The molecule has 106 valence electrons. The molecule has 19 heavy (non-hydrogen) atoms. The fraction of sp³-hybridized carbons (Fsp3) is 0.667. The number of carbonyl (C=O) groups is 1. The monoisotopic (exact) mass is 280 g/mol. The van der Waals surface area contributed by atoms with Crippen molar-refractivity contribution >= 4 is 17.2 Å². The molecule has 4 heteroatoms. The molecule has 1 fully saturated rings. The summed E-state index contributed by atoms with van der Waals surface area (Å²) in [5.74, 6) is 0.0628. The van der Waals surface area contributed by atoms with Gasteiger partial charge in [0.25, 0.3) is 5.91 Å². The lowest BCUT2D eigenvalue weighted by atomic mass is 9.77. The van der Waals surface area contributed by atoms with Crippen molar-refractivity contribution in [2.45, 2.75) is 46.1 Å². The van der Waals surface area contributed by atoms with Gasteiger partial charge in [0.15, 0.2) is 0 Å². The predicted octanol–water partition coefficient (Wildman–Crippen LogP) is 2.82. The molecule has 2 N–H and O–H groups in total. The highest BCUT2D eigenvalue weighted by Crippen LogP contribution is 2.29. The molecular formula is C15H24N2OS. The van der Waals surface area contributed by atoms with E-state index in [2.05, 4.69) is 31.4 Å². The number of piperidine rings is 1.